The average molecular weight is 364 g/mol. The van der Waals surface area contributed by atoms with Crippen LogP contribution in [0.4, 0.5) is 5.69 Å². The number of aryl methyl sites for hydroxylation is 1. The number of phenolic OH excluding ortho intramolecular Hbond substituents is 1. The molecule has 5 N–H and O–H groups in total. The highest BCUT2D eigenvalue weighted by atomic mass is 16.3. The number of aromatic amines is 1. The zero-order chi connectivity index (χ0) is 19.7. The maximum atomic E-state index is 12.6. The predicted octanol–water partition coefficient (Wildman–Crippen LogP) is 2.15. The van der Waals surface area contributed by atoms with Crippen LogP contribution in [-0.4, -0.2) is 16.0 Å². The van der Waals surface area contributed by atoms with E-state index in [1.165, 1.54) is 18.2 Å². The van der Waals surface area contributed by atoms with Crippen LogP contribution in [-0.2, 0) is 4.79 Å². The second-order valence-corrected chi connectivity index (χ2v) is 6.12. The SMILES string of the molecule is CC1=C(C(=O)NN=N)C(c2ccc(C#N)cc2O)c2c(c(C)c[nH]c2=O)N1. The number of H-pyrrole nitrogens is 1. The van der Waals surface area contributed by atoms with Gasteiger partial charge >= 0.3 is 0 Å². The Morgan fingerprint density at radius 1 is 1.41 bits per heavy atom. The maximum absolute atomic E-state index is 12.6. The highest BCUT2D eigenvalue weighted by Crippen LogP contribution is 2.43. The van der Waals surface area contributed by atoms with Crippen molar-refractivity contribution in [3.63, 3.8) is 0 Å². The van der Waals surface area contributed by atoms with E-state index in [2.05, 4.69) is 20.9 Å². The Balaban J connectivity index is 2.34. The van der Waals surface area contributed by atoms with E-state index in [-0.39, 0.29) is 22.4 Å². The lowest BCUT2D eigenvalue weighted by molar-refractivity contribution is -0.117. The van der Waals surface area contributed by atoms with Gasteiger partial charge in [-0.25, -0.2) is 5.43 Å². The Labute approximate surface area is 153 Å². The van der Waals surface area contributed by atoms with Gasteiger partial charge in [-0.3, -0.25) is 9.59 Å². The minimum Gasteiger partial charge on any atom is -0.508 e. The molecule has 9 nitrogen and oxygen atoms in total. The molecule has 1 atom stereocenters. The number of nitriles is 1. The van der Waals surface area contributed by atoms with E-state index in [1.54, 1.807) is 20.0 Å². The number of anilines is 1. The number of rotatable bonds is 3. The van der Waals surface area contributed by atoms with Crippen molar-refractivity contribution in [1.82, 2.24) is 10.4 Å². The largest absolute Gasteiger partial charge is 0.508 e. The van der Waals surface area contributed by atoms with Crippen LogP contribution < -0.4 is 16.3 Å². The topological polar surface area (TPSA) is 154 Å². The molecule has 1 amide bonds. The number of hydrogen-bond acceptors (Lipinski definition) is 7. The molecule has 27 heavy (non-hydrogen) atoms. The van der Waals surface area contributed by atoms with E-state index in [0.29, 0.717) is 16.9 Å². The van der Waals surface area contributed by atoms with Gasteiger partial charge in [0.25, 0.3) is 11.5 Å². The monoisotopic (exact) mass is 364 g/mol. The van der Waals surface area contributed by atoms with Crippen molar-refractivity contribution in [2.75, 3.05) is 5.32 Å². The summed E-state index contributed by atoms with van der Waals surface area (Å²) in [6.07, 6.45) is 1.56. The quantitative estimate of drug-likeness (QED) is 0.417. The first-order chi connectivity index (χ1) is 12.9. The number of carbonyl (C=O) groups excluding carboxylic acids is 1. The summed E-state index contributed by atoms with van der Waals surface area (Å²) in [4.78, 5) is 27.8. The van der Waals surface area contributed by atoms with Gasteiger partial charge in [0.15, 0.2) is 0 Å². The van der Waals surface area contributed by atoms with Crippen molar-refractivity contribution in [1.29, 1.82) is 10.8 Å². The molecule has 1 aromatic carbocycles. The summed E-state index contributed by atoms with van der Waals surface area (Å²) < 4.78 is 0. The number of benzene rings is 1. The lowest BCUT2D eigenvalue weighted by Crippen LogP contribution is -2.33. The van der Waals surface area contributed by atoms with Gasteiger partial charge in [-0.2, -0.15) is 10.8 Å². The zero-order valence-electron chi connectivity index (χ0n) is 14.5. The van der Waals surface area contributed by atoms with Crippen molar-refractivity contribution in [2.24, 2.45) is 5.22 Å². The normalized spacial score (nSPS) is 15.4. The first-order valence-corrected chi connectivity index (χ1v) is 7.98. The summed E-state index contributed by atoms with van der Waals surface area (Å²) in [6, 6.07) is 6.22. The van der Waals surface area contributed by atoms with Crippen LogP contribution in [0.2, 0.25) is 0 Å². The molecule has 0 bridgehead atoms. The number of amides is 1. The Hall–Kier alpha value is -3.93. The number of pyridine rings is 1. The van der Waals surface area contributed by atoms with Gasteiger partial charge in [-0.05, 0) is 31.5 Å². The van der Waals surface area contributed by atoms with Gasteiger partial charge in [-0.1, -0.05) is 11.3 Å². The van der Waals surface area contributed by atoms with Crippen LogP contribution in [0, 0.1) is 23.8 Å². The van der Waals surface area contributed by atoms with Crippen LogP contribution in [0.3, 0.4) is 0 Å². The second-order valence-electron chi connectivity index (χ2n) is 6.12. The molecule has 0 saturated carbocycles. The molecular weight excluding hydrogens is 348 g/mol. The first kappa shape index (κ1) is 17.9. The number of nitrogens with one attached hydrogen (secondary N) is 4. The molecule has 136 valence electrons. The van der Waals surface area contributed by atoms with Crippen LogP contribution >= 0.6 is 0 Å². The number of aromatic hydroxyl groups is 1. The maximum Gasteiger partial charge on any atom is 0.271 e. The third-order valence-corrected chi connectivity index (χ3v) is 4.49. The molecule has 0 radical (unpaired) electrons. The number of phenols is 1. The Kier molecular flexibility index (Phi) is 4.48. The van der Waals surface area contributed by atoms with Gasteiger partial charge in [0.05, 0.1) is 34.4 Å². The van der Waals surface area contributed by atoms with Crippen LogP contribution in [0.5, 0.6) is 5.75 Å². The van der Waals surface area contributed by atoms with Gasteiger partial charge in [-0.15, -0.1) is 0 Å². The zero-order valence-corrected chi connectivity index (χ0v) is 14.5. The summed E-state index contributed by atoms with van der Waals surface area (Å²) in [6.45, 7) is 3.46. The van der Waals surface area contributed by atoms with Crippen LogP contribution in [0.1, 0.15) is 35.1 Å². The third kappa shape index (κ3) is 2.93. The Morgan fingerprint density at radius 3 is 2.78 bits per heavy atom. The third-order valence-electron chi connectivity index (χ3n) is 4.49. The lowest BCUT2D eigenvalue weighted by atomic mass is 9.79. The van der Waals surface area contributed by atoms with Crippen molar-refractivity contribution in [2.45, 2.75) is 19.8 Å². The summed E-state index contributed by atoms with van der Waals surface area (Å²) in [5.74, 6) is -1.79. The minimum atomic E-state index is -0.903. The van der Waals surface area contributed by atoms with Gasteiger partial charge in [0, 0.05) is 17.5 Å². The standard InChI is InChI=1S/C18H16N6O3/c1-8-7-21-17(26)15-14(11-4-3-10(6-19)5-12(11)25)13(18(27)23-24-20)9(2)22-16(8)15/h3-5,7,14,22,25H,1-2H3,(H,21,26)(H2,20,23,27). The molecule has 1 aliphatic rings. The Bertz CT molecular complexity index is 1090. The number of hydrogen-bond donors (Lipinski definition) is 5. The number of nitrogens with zero attached hydrogens (tertiary/aromatic N) is 2. The highest BCUT2D eigenvalue weighted by molar-refractivity contribution is 5.98. The summed E-state index contributed by atoms with van der Waals surface area (Å²) in [5.41, 5.74) is 11.3. The fourth-order valence-electron chi connectivity index (χ4n) is 3.29. The smallest absolute Gasteiger partial charge is 0.271 e. The summed E-state index contributed by atoms with van der Waals surface area (Å²) in [5, 5.41) is 25.5. The fraction of sp³-hybridized carbons (Fsp3) is 0.167. The first-order valence-electron chi connectivity index (χ1n) is 7.98. The molecule has 0 saturated heterocycles. The van der Waals surface area contributed by atoms with E-state index < -0.39 is 17.4 Å². The molecule has 0 fully saturated rings. The predicted molar refractivity (Wildman–Crippen MR) is 96.1 cm³/mol. The second kappa shape index (κ2) is 6.76. The molecular formula is C18H16N6O3. The van der Waals surface area contributed by atoms with Crippen molar-refractivity contribution in [3.05, 3.63) is 68.3 Å². The number of allylic oxidation sites excluding steroid dienone is 1. The van der Waals surface area contributed by atoms with E-state index in [0.717, 1.165) is 5.56 Å². The molecule has 0 spiro atoms. The number of aromatic nitrogens is 1. The summed E-state index contributed by atoms with van der Waals surface area (Å²) in [7, 11) is 0. The van der Waals surface area contributed by atoms with Gasteiger partial charge in [0.1, 0.15) is 5.75 Å². The van der Waals surface area contributed by atoms with Crippen molar-refractivity contribution < 1.29 is 9.90 Å². The highest BCUT2D eigenvalue weighted by Gasteiger charge is 2.36. The number of fused-ring (bicyclic) bond motifs is 1. The lowest BCUT2D eigenvalue weighted by Gasteiger charge is -2.30. The van der Waals surface area contributed by atoms with Gasteiger partial charge in [0.2, 0.25) is 0 Å². The van der Waals surface area contributed by atoms with Crippen LogP contribution in [0.25, 0.3) is 0 Å². The van der Waals surface area contributed by atoms with E-state index in [1.807, 2.05) is 6.07 Å². The minimum absolute atomic E-state index is 0.148. The molecule has 2 aromatic rings. The van der Waals surface area contributed by atoms with Crippen LogP contribution in [0.15, 0.2) is 45.7 Å². The molecule has 1 aromatic heterocycles. The van der Waals surface area contributed by atoms with Gasteiger partial charge < -0.3 is 15.4 Å². The van der Waals surface area contributed by atoms with E-state index in [9.17, 15) is 14.7 Å². The average Bonchev–Trinajstić information content (AvgIpc) is 2.64. The fourth-order valence-corrected chi connectivity index (χ4v) is 3.29. The molecule has 0 aliphatic carbocycles. The molecule has 1 unspecified atom stereocenters. The molecule has 9 heteroatoms. The van der Waals surface area contributed by atoms with Crippen molar-refractivity contribution in [3.8, 4) is 11.8 Å². The van der Waals surface area contributed by atoms with Crippen molar-refractivity contribution >= 4 is 11.6 Å². The molecule has 2 heterocycles. The number of carbonyl (C=O) groups is 1. The van der Waals surface area contributed by atoms with E-state index in [4.69, 9.17) is 10.8 Å². The molecule has 1 aliphatic heterocycles. The Morgan fingerprint density at radius 2 is 2.15 bits per heavy atom. The molecule has 3 rings (SSSR count). The summed E-state index contributed by atoms with van der Waals surface area (Å²) >= 11 is 0. The van der Waals surface area contributed by atoms with E-state index >= 15 is 0 Å².